The van der Waals surface area contributed by atoms with Crippen molar-refractivity contribution in [3.63, 3.8) is 0 Å². The van der Waals surface area contributed by atoms with Crippen LogP contribution in [0.4, 0.5) is 0 Å². The van der Waals surface area contributed by atoms with E-state index < -0.39 is 0 Å². The number of halogens is 1. The standard InChI is InChI=1S/C24H25ClN4O3/c1-16-22(25)17(2)29(26-16)20-9-7-18(8-10-20)23(30)27-11-13-28(14-12-27)24(31)19-5-4-6-21(15-19)32-3/h4-10,15H,11-14H2,1-3H3. The lowest BCUT2D eigenvalue weighted by Gasteiger charge is -2.35. The van der Waals surface area contributed by atoms with Gasteiger partial charge in [0.05, 0.1) is 29.2 Å². The van der Waals surface area contributed by atoms with Crippen molar-refractivity contribution in [1.82, 2.24) is 19.6 Å². The molecule has 2 heterocycles. The Morgan fingerprint density at radius 2 is 1.50 bits per heavy atom. The van der Waals surface area contributed by atoms with Gasteiger partial charge in [-0.1, -0.05) is 17.7 Å². The van der Waals surface area contributed by atoms with E-state index in [1.165, 1.54) is 0 Å². The molecule has 166 valence electrons. The number of aryl methyl sites for hydroxylation is 1. The largest absolute Gasteiger partial charge is 0.497 e. The molecule has 0 bridgehead atoms. The zero-order valence-corrected chi connectivity index (χ0v) is 19.1. The number of hydrogen-bond acceptors (Lipinski definition) is 4. The molecular weight excluding hydrogens is 428 g/mol. The number of carbonyl (C=O) groups is 2. The lowest BCUT2D eigenvalue weighted by molar-refractivity contribution is 0.0535. The molecule has 1 aliphatic heterocycles. The molecule has 1 aliphatic rings. The van der Waals surface area contributed by atoms with E-state index in [0.29, 0.717) is 48.1 Å². The van der Waals surface area contributed by atoms with E-state index in [9.17, 15) is 9.59 Å². The number of methoxy groups -OCH3 is 1. The zero-order valence-electron chi connectivity index (χ0n) is 18.3. The molecule has 7 nitrogen and oxygen atoms in total. The first kappa shape index (κ1) is 21.9. The van der Waals surface area contributed by atoms with Crippen LogP contribution in [0.25, 0.3) is 5.69 Å². The number of amides is 2. The molecule has 8 heteroatoms. The van der Waals surface area contributed by atoms with Crippen LogP contribution in [0.2, 0.25) is 5.02 Å². The molecule has 0 aliphatic carbocycles. The van der Waals surface area contributed by atoms with Crippen molar-refractivity contribution in [2.45, 2.75) is 13.8 Å². The maximum absolute atomic E-state index is 13.0. The van der Waals surface area contributed by atoms with Gasteiger partial charge >= 0.3 is 0 Å². The van der Waals surface area contributed by atoms with Crippen molar-refractivity contribution < 1.29 is 14.3 Å². The first-order valence-corrected chi connectivity index (χ1v) is 10.8. The molecule has 3 aromatic rings. The lowest BCUT2D eigenvalue weighted by Crippen LogP contribution is -2.50. The van der Waals surface area contributed by atoms with Gasteiger partial charge in [-0.2, -0.15) is 5.10 Å². The highest BCUT2D eigenvalue weighted by Crippen LogP contribution is 2.23. The molecule has 2 amide bonds. The van der Waals surface area contributed by atoms with E-state index in [0.717, 1.165) is 17.1 Å². The normalized spacial score (nSPS) is 13.9. The smallest absolute Gasteiger partial charge is 0.254 e. The third kappa shape index (κ3) is 4.21. The molecule has 32 heavy (non-hydrogen) atoms. The Morgan fingerprint density at radius 1 is 0.906 bits per heavy atom. The van der Waals surface area contributed by atoms with Crippen molar-refractivity contribution >= 4 is 23.4 Å². The van der Waals surface area contributed by atoms with Gasteiger partial charge < -0.3 is 14.5 Å². The number of benzene rings is 2. The molecule has 1 saturated heterocycles. The number of ether oxygens (including phenoxy) is 1. The summed E-state index contributed by atoms with van der Waals surface area (Å²) in [5.74, 6) is 0.552. The van der Waals surface area contributed by atoms with E-state index >= 15 is 0 Å². The molecule has 1 fully saturated rings. The molecule has 2 aromatic carbocycles. The summed E-state index contributed by atoms with van der Waals surface area (Å²) in [6.45, 7) is 5.73. The molecule has 0 saturated carbocycles. The molecule has 0 spiro atoms. The van der Waals surface area contributed by atoms with Crippen LogP contribution < -0.4 is 4.74 Å². The molecular formula is C24H25ClN4O3. The van der Waals surface area contributed by atoms with Gasteiger partial charge in [-0.25, -0.2) is 4.68 Å². The van der Waals surface area contributed by atoms with Crippen LogP contribution in [0.1, 0.15) is 32.1 Å². The highest BCUT2D eigenvalue weighted by atomic mass is 35.5. The number of hydrogen-bond donors (Lipinski definition) is 0. The van der Waals surface area contributed by atoms with Crippen molar-refractivity contribution in [1.29, 1.82) is 0 Å². The quantitative estimate of drug-likeness (QED) is 0.604. The Labute approximate surface area is 192 Å². The fraction of sp³-hybridized carbons (Fsp3) is 0.292. The Kier molecular flexibility index (Phi) is 6.19. The predicted octanol–water partition coefficient (Wildman–Crippen LogP) is 3.75. The minimum atomic E-state index is -0.0519. The van der Waals surface area contributed by atoms with E-state index in [2.05, 4.69) is 5.10 Å². The monoisotopic (exact) mass is 452 g/mol. The molecule has 0 unspecified atom stereocenters. The Bertz CT molecular complexity index is 1150. The van der Waals surface area contributed by atoms with Gasteiger partial charge in [-0.05, 0) is 56.3 Å². The summed E-state index contributed by atoms with van der Waals surface area (Å²) >= 11 is 6.24. The zero-order chi connectivity index (χ0) is 22.8. The fourth-order valence-corrected chi connectivity index (χ4v) is 3.97. The van der Waals surface area contributed by atoms with Gasteiger partial charge in [-0.15, -0.1) is 0 Å². The fourth-order valence-electron chi connectivity index (χ4n) is 3.85. The first-order chi connectivity index (χ1) is 15.4. The van der Waals surface area contributed by atoms with Crippen molar-refractivity contribution in [2.24, 2.45) is 0 Å². The lowest BCUT2D eigenvalue weighted by atomic mass is 10.1. The average Bonchev–Trinajstić information content (AvgIpc) is 3.10. The highest BCUT2D eigenvalue weighted by molar-refractivity contribution is 6.31. The summed E-state index contributed by atoms with van der Waals surface area (Å²) in [5.41, 5.74) is 3.67. The minimum absolute atomic E-state index is 0.0450. The van der Waals surface area contributed by atoms with E-state index in [-0.39, 0.29) is 11.8 Å². The molecule has 0 radical (unpaired) electrons. The Balaban J connectivity index is 1.40. The Hall–Kier alpha value is -3.32. The summed E-state index contributed by atoms with van der Waals surface area (Å²) < 4.78 is 6.98. The van der Waals surface area contributed by atoms with Crippen molar-refractivity contribution in [3.05, 3.63) is 76.1 Å². The van der Waals surface area contributed by atoms with Crippen LogP contribution in [-0.4, -0.2) is 64.7 Å². The van der Waals surface area contributed by atoms with Crippen molar-refractivity contribution in [3.8, 4) is 11.4 Å². The van der Waals surface area contributed by atoms with E-state index in [1.54, 1.807) is 51.9 Å². The highest BCUT2D eigenvalue weighted by Gasteiger charge is 2.26. The molecule has 4 rings (SSSR count). The number of carbonyl (C=O) groups excluding carboxylic acids is 2. The summed E-state index contributed by atoms with van der Waals surface area (Å²) in [7, 11) is 1.58. The molecule has 0 atom stereocenters. The van der Waals surface area contributed by atoms with Gasteiger partial charge in [0, 0.05) is 37.3 Å². The topological polar surface area (TPSA) is 67.7 Å². The number of nitrogens with zero attached hydrogens (tertiary/aromatic N) is 4. The number of rotatable bonds is 4. The number of aromatic nitrogens is 2. The average molecular weight is 453 g/mol. The van der Waals surface area contributed by atoms with E-state index in [4.69, 9.17) is 16.3 Å². The van der Waals surface area contributed by atoms with Gasteiger partial charge in [-0.3, -0.25) is 9.59 Å². The van der Waals surface area contributed by atoms with Gasteiger partial charge in [0.15, 0.2) is 0 Å². The first-order valence-electron chi connectivity index (χ1n) is 10.4. The maximum atomic E-state index is 13.0. The molecule has 1 aromatic heterocycles. The van der Waals surface area contributed by atoms with Crippen LogP contribution >= 0.6 is 11.6 Å². The van der Waals surface area contributed by atoms with Gasteiger partial charge in [0.1, 0.15) is 5.75 Å². The number of piperazine rings is 1. The van der Waals surface area contributed by atoms with Crippen LogP contribution in [0.3, 0.4) is 0 Å². The van der Waals surface area contributed by atoms with E-state index in [1.807, 2.05) is 32.0 Å². The predicted molar refractivity (Wildman–Crippen MR) is 123 cm³/mol. The summed E-state index contributed by atoms with van der Waals surface area (Å²) in [5, 5.41) is 5.09. The van der Waals surface area contributed by atoms with Crippen LogP contribution in [0.5, 0.6) is 5.75 Å². The summed E-state index contributed by atoms with van der Waals surface area (Å²) in [6, 6.07) is 14.5. The Morgan fingerprint density at radius 3 is 2.03 bits per heavy atom. The SMILES string of the molecule is COc1cccc(C(=O)N2CCN(C(=O)c3ccc(-n4nc(C)c(Cl)c4C)cc3)CC2)c1. The second kappa shape index (κ2) is 9.04. The van der Waals surface area contributed by atoms with Crippen LogP contribution in [-0.2, 0) is 0 Å². The van der Waals surface area contributed by atoms with Gasteiger partial charge in [0.25, 0.3) is 11.8 Å². The molecule has 0 N–H and O–H groups in total. The summed E-state index contributed by atoms with van der Waals surface area (Å²) in [6.07, 6.45) is 0. The second-order valence-electron chi connectivity index (χ2n) is 7.76. The van der Waals surface area contributed by atoms with Crippen LogP contribution in [0, 0.1) is 13.8 Å². The second-order valence-corrected chi connectivity index (χ2v) is 8.14. The summed E-state index contributed by atoms with van der Waals surface area (Å²) in [4.78, 5) is 29.3. The third-order valence-electron chi connectivity index (χ3n) is 5.73. The third-order valence-corrected chi connectivity index (χ3v) is 6.28. The minimum Gasteiger partial charge on any atom is -0.497 e. The van der Waals surface area contributed by atoms with Crippen molar-refractivity contribution in [2.75, 3.05) is 33.3 Å². The van der Waals surface area contributed by atoms with Gasteiger partial charge in [0.2, 0.25) is 0 Å². The maximum Gasteiger partial charge on any atom is 0.254 e. The van der Waals surface area contributed by atoms with Crippen LogP contribution in [0.15, 0.2) is 48.5 Å².